The number of nitriles is 1. The highest BCUT2D eigenvalue weighted by atomic mass is 35.5. The first-order valence-corrected chi connectivity index (χ1v) is 10.9. The summed E-state index contributed by atoms with van der Waals surface area (Å²) in [6.07, 6.45) is 4.04. The Morgan fingerprint density at radius 1 is 1.11 bits per heavy atom. The molecule has 0 aliphatic carbocycles. The molecule has 0 spiro atoms. The Kier molecular flexibility index (Phi) is 7.84. The number of halogens is 2. The Labute approximate surface area is 177 Å². The largest absolute Gasteiger partial charge is 0.368 e. The van der Waals surface area contributed by atoms with E-state index in [0.29, 0.717) is 28.8 Å². The first kappa shape index (κ1) is 21.2. The Bertz CT molecular complexity index is 705. The fourth-order valence-corrected chi connectivity index (χ4v) is 4.52. The molecule has 152 valence electrons. The third-order valence-corrected chi connectivity index (χ3v) is 6.72. The van der Waals surface area contributed by atoms with Crippen LogP contribution >= 0.6 is 23.2 Å². The lowest BCUT2D eigenvalue weighted by molar-refractivity contribution is -0.132. The summed E-state index contributed by atoms with van der Waals surface area (Å²) in [7, 11) is 0. The van der Waals surface area contributed by atoms with Crippen LogP contribution in [-0.2, 0) is 4.79 Å². The van der Waals surface area contributed by atoms with Crippen LogP contribution in [0.2, 0.25) is 10.0 Å². The molecule has 0 bridgehead atoms. The minimum absolute atomic E-state index is 0.135. The van der Waals surface area contributed by atoms with Crippen LogP contribution in [0.25, 0.3) is 0 Å². The van der Waals surface area contributed by atoms with E-state index in [9.17, 15) is 4.79 Å². The summed E-state index contributed by atoms with van der Waals surface area (Å²) in [6, 6.07) is 7.87. The molecule has 3 rings (SSSR count). The van der Waals surface area contributed by atoms with Gasteiger partial charge in [0, 0.05) is 52.1 Å². The summed E-state index contributed by atoms with van der Waals surface area (Å²) in [5, 5.41) is 9.87. The Balaban J connectivity index is 1.37. The molecule has 0 N–H and O–H groups in total. The molecule has 0 unspecified atom stereocenters. The van der Waals surface area contributed by atoms with Gasteiger partial charge in [-0.25, -0.2) is 0 Å². The summed E-state index contributed by atoms with van der Waals surface area (Å²) in [5.74, 6) is 0.830. The smallest absolute Gasteiger partial charge is 0.223 e. The molecule has 2 heterocycles. The highest BCUT2D eigenvalue weighted by molar-refractivity contribution is 6.43. The van der Waals surface area contributed by atoms with E-state index in [0.717, 1.165) is 64.3 Å². The number of carbonyl (C=O) groups excluding carboxylic acids is 1. The standard InChI is InChI=1S/C21H28Cl2N4O/c22-18-3-1-4-19(21(18)23)26-15-13-25(14-16-26)10-6-17-7-11-27(12-8-17)20(28)5-2-9-24/h1,3-4,17H,2,5-8,10-16H2. The number of piperidine rings is 1. The van der Waals surface area contributed by atoms with Crippen molar-refractivity contribution in [2.24, 2.45) is 5.92 Å². The number of benzene rings is 1. The number of anilines is 1. The van der Waals surface area contributed by atoms with Gasteiger partial charge in [0.1, 0.15) is 0 Å². The fraction of sp³-hybridized carbons (Fsp3) is 0.619. The average Bonchev–Trinajstić information content (AvgIpc) is 2.73. The van der Waals surface area contributed by atoms with Gasteiger partial charge >= 0.3 is 0 Å². The van der Waals surface area contributed by atoms with E-state index in [1.54, 1.807) is 0 Å². The van der Waals surface area contributed by atoms with Crippen molar-refractivity contribution in [3.05, 3.63) is 28.2 Å². The Hall–Kier alpha value is -1.48. The van der Waals surface area contributed by atoms with Gasteiger partial charge in [0.2, 0.25) is 5.91 Å². The monoisotopic (exact) mass is 422 g/mol. The van der Waals surface area contributed by atoms with E-state index in [4.69, 9.17) is 28.5 Å². The molecule has 0 aromatic heterocycles. The number of carbonyl (C=O) groups is 1. The molecule has 1 amide bonds. The second kappa shape index (κ2) is 10.3. The number of nitrogens with zero attached hydrogens (tertiary/aromatic N) is 4. The van der Waals surface area contributed by atoms with Gasteiger partial charge < -0.3 is 9.80 Å². The van der Waals surface area contributed by atoms with Gasteiger partial charge in [0.05, 0.1) is 21.8 Å². The van der Waals surface area contributed by atoms with Crippen molar-refractivity contribution in [2.45, 2.75) is 32.1 Å². The van der Waals surface area contributed by atoms with Gasteiger partial charge in [-0.15, -0.1) is 0 Å². The third kappa shape index (κ3) is 5.53. The third-order valence-electron chi connectivity index (χ3n) is 5.92. The van der Waals surface area contributed by atoms with Crippen LogP contribution in [0.3, 0.4) is 0 Å². The maximum atomic E-state index is 12.0. The SMILES string of the molecule is N#CCCC(=O)N1CCC(CCN2CCN(c3cccc(Cl)c3Cl)CC2)CC1. The van der Waals surface area contributed by atoms with Crippen molar-refractivity contribution in [2.75, 3.05) is 50.7 Å². The van der Waals surface area contributed by atoms with Crippen LogP contribution < -0.4 is 4.90 Å². The minimum Gasteiger partial charge on any atom is -0.368 e. The van der Waals surface area contributed by atoms with Crippen molar-refractivity contribution >= 4 is 34.8 Å². The highest BCUT2D eigenvalue weighted by Gasteiger charge is 2.24. The predicted octanol–water partition coefficient (Wildman–Crippen LogP) is 4.05. The van der Waals surface area contributed by atoms with Crippen LogP contribution in [0.4, 0.5) is 5.69 Å². The maximum Gasteiger partial charge on any atom is 0.223 e. The van der Waals surface area contributed by atoms with E-state index in [2.05, 4.69) is 15.9 Å². The lowest BCUT2D eigenvalue weighted by atomic mass is 9.93. The van der Waals surface area contributed by atoms with E-state index in [1.165, 1.54) is 6.42 Å². The summed E-state index contributed by atoms with van der Waals surface area (Å²) < 4.78 is 0. The van der Waals surface area contributed by atoms with Crippen LogP contribution in [0.1, 0.15) is 32.1 Å². The zero-order valence-electron chi connectivity index (χ0n) is 16.2. The number of rotatable bonds is 6. The topological polar surface area (TPSA) is 50.6 Å². The first-order chi connectivity index (χ1) is 13.6. The fourth-order valence-electron chi connectivity index (χ4n) is 4.11. The number of piperazine rings is 1. The van der Waals surface area contributed by atoms with Gasteiger partial charge in [-0.3, -0.25) is 9.69 Å². The highest BCUT2D eigenvalue weighted by Crippen LogP contribution is 2.33. The molecule has 2 aliphatic heterocycles. The van der Waals surface area contributed by atoms with Gasteiger partial charge in [-0.05, 0) is 43.9 Å². The van der Waals surface area contributed by atoms with Gasteiger partial charge in [-0.2, -0.15) is 5.26 Å². The van der Waals surface area contributed by atoms with E-state index in [1.807, 2.05) is 23.1 Å². The quantitative estimate of drug-likeness (QED) is 0.693. The normalized spacial score (nSPS) is 18.9. The van der Waals surface area contributed by atoms with Crippen molar-refractivity contribution in [3.8, 4) is 6.07 Å². The number of amides is 1. The van der Waals surface area contributed by atoms with E-state index < -0.39 is 0 Å². The van der Waals surface area contributed by atoms with Crippen LogP contribution in [0, 0.1) is 17.2 Å². The second-order valence-corrected chi connectivity index (χ2v) is 8.46. The zero-order chi connectivity index (χ0) is 19.9. The van der Waals surface area contributed by atoms with Crippen LogP contribution in [-0.4, -0.2) is 61.5 Å². The number of hydrogen-bond donors (Lipinski definition) is 0. The summed E-state index contributed by atoms with van der Waals surface area (Å²) in [4.78, 5) is 18.8. The van der Waals surface area contributed by atoms with Gasteiger partial charge in [0.25, 0.3) is 0 Å². The molecule has 1 aromatic rings. The summed E-state index contributed by atoms with van der Waals surface area (Å²) in [5.41, 5.74) is 1.03. The molecular weight excluding hydrogens is 395 g/mol. The van der Waals surface area contributed by atoms with Crippen molar-refractivity contribution in [3.63, 3.8) is 0 Å². The van der Waals surface area contributed by atoms with Crippen LogP contribution in [0.15, 0.2) is 18.2 Å². The molecular formula is C21H28Cl2N4O. The molecule has 1 aromatic carbocycles. The summed E-state index contributed by atoms with van der Waals surface area (Å²) >= 11 is 12.5. The minimum atomic E-state index is 0.135. The first-order valence-electron chi connectivity index (χ1n) is 10.1. The molecule has 0 atom stereocenters. The molecule has 2 aliphatic rings. The van der Waals surface area contributed by atoms with Crippen LogP contribution in [0.5, 0.6) is 0 Å². The average molecular weight is 423 g/mol. The number of likely N-dealkylation sites (tertiary alicyclic amines) is 1. The van der Waals surface area contributed by atoms with Crippen molar-refractivity contribution in [1.29, 1.82) is 5.26 Å². The lowest BCUT2D eigenvalue weighted by Crippen LogP contribution is -2.47. The second-order valence-electron chi connectivity index (χ2n) is 7.67. The molecule has 28 heavy (non-hydrogen) atoms. The molecule has 0 saturated carbocycles. The Morgan fingerprint density at radius 2 is 1.82 bits per heavy atom. The molecule has 2 fully saturated rings. The van der Waals surface area contributed by atoms with Gasteiger partial charge in [0.15, 0.2) is 0 Å². The lowest BCUT2D eigenvalue weighted by Gasteiger charge is -2.38. The maximum absolute atomic E-state index is 12.0. The van der Waals surface area contributed by atoms with Gasteiger partial charge in [-0.1, -0.05) is 29.3 Å². The number of hydrogen-bond acceptors (Lipinski definition) is 4. The van der Waals surface area contributed by atoms with Crippen molar-refractivity contribution < 1.29 is 4.79 Å². The zero-order valence-corrected chi connectivity index (χ0v) is 17.8. The molecule has 7 heteroatoms. The predicted molar refractivity (Wildman–Crippen MR) is 114 cm³/mol. The Morgan fingerprint density at radius 3 is 2.50 bits per heavy atom. The molecule has 5 nitrogen and oxygen atoms in total. The van der Waals surface area contributed by atoms with Crippen molar-refractivity contribution in [1.82, 2.24) is 9.80 Å². The molecule has 2 saturated heterocycles. The van der Waals surface area contributed by atoms with E-state index in [-0.39, 0.29) is 5.91 Å². The van der Waals surface area contributed by atoms with E-state index >= 15 is 0 Å². The summed E-state index contributed by atoms with van der Waals surface area (Å²) in [6.45, 7) is 6.80. The molecule has 0 radical (unpaired) electrons.